The van der Waals surface area contributed by atoms with Gasteiger partial charge in [-0.1, -0.05) is 18.2 Å². The van der Waals surface area contributed by atoms with Crippen LogP contribution in [0.25, 0.3) is 0 Å². The Morgan fingerprint density at radius 3 is 2.05 bits per heavy atom. The van der Waals surface area contributed by atoms with Crippen LogP contribution >= 0.6 is 0 Å². The fraction of sp³-hybridized carbons (Fsp3) is 0.0667. The first-order chi connectivity index (χ1) is 10.0. The lowest BCUT2D eigenvalue weighted by Gasteiger charge is -2.07. The van der Waals surface area contributed by atoms with Gasteiger partial charge >= 0.3 is 0 Å². The molecule has 0 atom stereocenters. The summed E-state index contributed by atoms with van der Waals surface area (Å²) in [4.78, 5) is 23.2. The largest absolute Gasteiger partial charge is 0.326 e. The van der Waals surface area contributed by atoms with E-state index in [4.69, 9.17) is 0 Å². The fourth-order valence-corrected chi connectivity index (χ4v) is 1.65. The standard InChI is InChI=1S/C15H12F2N2O2/c16-12-7-6-11(8-13(12)17)19-15(21)9-14(20)18-10-4-2-1-3-5-10/h1-8H,9H2,(H,18,20)(H,19,21). The molecule has 108 valence electrons. The number of carbonyl (C=O) groups excluding carboxylic acids is 2. The first kappa shape index (κ1) is 14.6. The molecule has 2 amide bonds. The van der Waals surface area contributed by atoms with Gasteiger partial charge in [-0.3, -0.25) is 9.59 Å². The van der Waals surface area contributed by atoms with E-state index in [-0.39, 0.29) is 5.69 Å². The van der Waals surface area contributed by atoms with Gasteiger partial charge in [-0.05, 0) is 24.3 Å². The van der Waals surface area contributed by atoms with Gasteiger partial charge in [-0.15, -0.1) is 0 Å². The minimum atomic E-state index is -1.07. The highest BCUT2D eigenvalue weighted by molar-refractivity contribution is 6.08. The van der Waals surface area contributed by atoms with Gasteiger partial charge in [-0.2, -0.15) is 0 Å². The Labute approximate surface area is 119 Å². The number of halogens is 2. The van der Waals surface area contributed by atoms with Crippen LogP contribution in [0.2, 0.25) is 0 Å². The zero-order valence-corrected chi connectivity index (χ0v) is 10.9. The van der Waals surface area contributed by atoms with Crippen LogP contribution in [0, 0.1) is 11.6 Å². The van der Waals surface area contributed by atoms with Crippen molar-refractivity contribution in [2.75, 3.05) is 10.6 Å². The predicted octanol–water partition coefficient (Wildman–Crippen LogP) is 2.93. The van der Waals surface area contributed by atoms with Crippen LogP contribution in [0.1, 0.15) is 6.42 Å². The van der Waals surface area contributed by atoms with E-state index in [1.54, 1.807) is 30.3 Å². The fourth-order valence-electron chi connectivity index (χ4n) is 1.65. The van der Waals surface area contributed by atoms with E-state index in [2.05, 4.69) is 10.6 Å². The number of carbonyl (C=O) groups is 2. The van der Waals surface area contributed by atoms with E-state index in [1.807, 2.05) is 0 Å². The Balaban J connectivity index is 1.89. The number of anilines is 2. The third-order valence-electron chi connectivity index (χ3n) is 2.58. The topological polar surface area (TPSA) is 58.2 Å². The molecule has 0 bridgehead atoms. The van der Waals surface area contributed by atoms with Crippen molar-refractivity contribution < 1.29 is 18.4 Å². The summed E-state index contributed by atoms with van der Waals surface area (Å²) in [6, 6.07) is 11.6. The lowest BCUT2D eigenvalue weighted by molar-refractivity contribution is -0.123. The molecule has 21 heavy (non-hydrogen) atoms. The molecular weight excluding hydrogens is 278 g/mol. The van der Waals surface area contributed by atoms with Crippen molar-refractivity contribution in [1.29, 1.82) is 0 Å². The van der Waals surface area contributed by atoms with Gasteiger partial charge in [0.1, 0.15) is 6.42 Å². The Bertz CT molecular complexity index is 660. The van der Waals surface area contributed by atoms with Crippen molar-refractivity contribution in [2.24, 2.45) is 0 Å². The first-order valence-electron chi connectivity index (χ1n) is 6.14. The lowest BCUT2D eigenvalue weighted by atomic mass is 10.2. The zero-order chi connectivity index (χ0) is 15.2. The molecule has 6 heteroatoms. The Hall–Kier alpha value is -2.76. The quantitative estimate of drug-likeness (QED) is 0.851. The molecule has 2 rings (SSSR count). The van der Waals surface area contributed by atoms with Crippen LogP contribution in [0.3, 0.4) is 0 Å². The summed E-state index contributed by atoms with van der Waals surface area (Å²) in [5.74, 6) is -3.19. The highest BCUT2D eigenvalue weighted by atomic mass is 19.2. The molecule has 0 unspecified atom stereocenters. The Morgan fingerprint density at radius 2 is 1.43 bits per heavy atom. The predicted molar refractivity (Wildman–Crippen MR) is 74.7 cm³/mol. The van der Waals surface area contributed by atoms with E-state index >= 15 is 0 Å². The van der Waals surface area contributed by atoms with E-state index in [0.29, 0.717) is 5.69 Å². The second kappa shape index (κ2) is 6.60. The number of nitrogens with one attached hydrogen (secondary N) is 2. The molecule has 0 aliphatic carbocycles. The molecule has 4 nitrogen and oxygen atoms in total. The highest BCUT2D eigenvalue weighted by Crippen LogP contribution is 2.13. The second-order valence-corrected chi connectivity index (χ2v) is 4.27. The lowest BCUT2D eigenvalue weighted by Crippen LogP contribution is -2.21. The average Bonchev–Trinajstić information content (AvgIpc) is 2.43. The molecule has 0 aliphatic rings. The van der Waals surface area contributed by atoms with Gasteiger partial charge in [0.05, 0.1) is 0 Å². The van der Waals surface area contributed by atoms with Gasteiger partial charge < -0.3 is 10.6 Å². The van der Waals surface area contributed by atoms with Crippen LogP contribution in [-0.4, -0.2) is 11.8 Å². The summed E-state index contributed by atoms with van der Waals surface area (Å²) < 4.78 is 25.7. The SMILES string of the molecule is O=C(CC(=O)Nc1ccc(F)c(F)c1)Nc1ccccc1. The number of amides is 2. The normalized spacial score (nSPS) is 10.0. The van der Waals surface area contributed by atoms with Gasteiger partial charge in [-0.25, -0.2) is 8.78 Å². The van der Waals surface area contributed by atoms with Gasteiger partial charge in [0.15, 0.2) is 11.6 Å². The summed E-state index contributed by atoms with van der Waals surface area (Å²) in [6.07, 6.45) is -0.423. The molecule has 0 saturated carbocycles. The van der Waals surface area contributed by atoms with Crippen LogP contribution in [-0.2, 0) is 9.59 Å². The maximum atomic E-state index is 13.0. The summed E-state index contributed by atoms with van der Waals surface area (Å²) >= 11 is 0. The van der Waals surface area contributed by atoms with Crippen LogP contribution in [0.4, 0.5) is 20.2 Å². The monoisotopic (exact) mass is 290 g/mol. The molecule has 0 aromatic heterocycles. The second-order valence-electron chi connectivity index (χ2n) is 4.27. The minimum absolute atomic E-state index is 0.0893. The van der Waals surface area contributed by atoms with Crippen molar-refractivity contribution in [1.82, 2.24) is 0 Å². The maximum absolute atomic E-state index is 13.0. The smallest absolute Gasteiger partial charge is 0.233 e. The summed E-state index contributed by atoms with van der Waals surface area (Å²) in [5.41, 5.74) is 0.662. The Morgan fingerprint density at radius 1 is 0.810 bits per heavy atom. The molecule has 0 radical (unpaired) electrons. The molecular formula is C15H12F2N2O2. The average molecular weight is 290 g/mol. The number of para-hydroxylation sites is 1. The van der Waals surface area contributed by atoms with E-state index in [9.17, 15) is 18.4 Å². The number of rotatable bonds is 4. The maximum Gasteiger partial charge on any atom is 0.233 e. The van der Waals surface area contributed by atoms with Gasteiger partial charge in [0.25, 0.3) is 0 Å². The Kier molecular flexibility index (Phi) is 4.61. The van der Waals surface area contributed by atoms with Crippen molar-refractivity contribution in [3.8, 4) is 0 Å². The van der Waals surface area contributed by atoms with Gasteiger partial charge in [0, 0.05) is 17.4 Å². The van der Waals surface area contributed by atoms with E-state index in [1.165, 1.54) is 6.07 Å². The molecule has 0 spiro atoms. The van der Waals surface area contributed by atoms with Crippen LogP contribution in [0.15, 0.2) is 48.5 Å². The molecule has 0 fully saturated rings. The minimum Gasteiger partial charge on any atom is -0.326 e. The first-order valence-corrected chi connectivity index (χ1v) is 6.14. The molecule has 2 aromatic rings. The number of benzene rings is 2. The summed E-state index contributed by atoms with van der Waals surface area (Å²) in [7, 11) is 0. The molecule has 2 N–H and O–H groups in total. The summed E-state index contributed by atoms with van der Waals surface area (Å²) in [5, 5.41) is 4.87. The molecule has 0 aliphatic heterocycles. The number of hydrogen-bond acceptors (Lipinski definition) is 2. The van der Waals surface area contributed by atoms with E-state index < -0.39 is 29.9 Å². The van der Waals surface area contributed by atoms with Crippen LogP contribution < -0.4 is 10.6 Å². The third-order valence-corrected chi connectivity index (χ3v) is 2.58. The highest BCUT2D eigenvalue weighted by Gasteiger charge is 2.11. The molecule has 0 saturated heterocycles. The van der Waals surface area contributed by atoms with E-state index in [0.717, 1.165) is 12.1 Å². The van der Waals surface area contributed by atoms with Crippen molar-refractivity contribution in [2.45, 2.75) is 6.42 Å². The zero-order valence-electron chi connectivity index (χ0n) is 10.9. The number of hydrogen-bond donors (Lipinski definition) is 2. The molecule has 0 heterocycles. The van der Waals surface area contributed by atoms with Crippen molar-refractivity contribution >= 4 is 23.2 Å². The van der Waals surface area contributed by atoms with Crippen molar-refractivity contribution in [3.05, 3.63) is 60.2 Å². The summed E-state index contributed by atoms with van der Waals surface area (Å²) in [6.45, 7) is 0. The van der Waals surface area contributed by atoms with Crippen molar-refractivity contribution in [3.63, 3.8) is 0 Å². The van der Waals surface area contributed by atoms with Gasteiger partial charge in [0.2, 0.25) is 11.8 Å². The van der Waals surface area contributed by atoms with Crippen LogP contribution in [0.5, 0.6) is 0 Å². The third kappa shape index (κ3) is 4.38. The molecule has 2 aromatic carbocycles.